The number of methoxy groups -OCH3 is 1. The summed E-state index contributed by atoms with van der Waals surface area (Å²) in [5, 5.41) is 2.26. The molecule has 14 heavy (non-hydrogen) atoms. The summed E-state index contributed by atoms with van der Waals surface area (Å²) in [5.74, 6) is -1.44. The molecule has 5 nitrogen and oxygen atoms in total. The average molecular weight is 195 g/mol. The summed E-state index contributed by atoms with van der Waals surface area (Å²) in [6.45, 7) is 1.25. The van der Waals surface area contributed by atoms with Gasteiger partial charge in [0.25, 0.3) is 0 Å². The molecule has 0 aromatic rings. The van der Waals surface area contributed by atoms with E-state index >= 15 is 0 Å². The fourth-order valence-corrected chi connectivity index (χ4v) is 1.04. The number of ketones is 2. The quantitative estimate of drug-likeness (QED) is 0.613. The maximum absolute atomic E-state index is 11.3. The fraction of sp³-hybridized carbons (Fsp3) is 0.222. The van der Waals surface area contributed by atoms with Crippen LogP contribution in [0.1, 0.15) is 6.92 Å². The molecule has 1 N–H and O–H groups in total. The van der Waals surface area contributed by atoms with Gasteiger partial charge in [-0.05, 0) is 12.2 Å². The normalized spacial score (nSPS) is 15.9. The van der Waals surface area contributed by atoms with Crippen LogP contribution in [0.15, 0.2) is 23.6 Å². The van der Waals surface area contributed by atoms with Crippen LogP contribution in [0.25, 0.3) is 0 Å². The Morgan fingerprint density at radius 1 is 1.29 bits per heavy atom. The SMILES string of the molecule is COC1=C(NC(C)=O)C(=O)C=CC1=O. The minimum absolute atomic E-state index is 0.104. The molecule has 0 fully saturated rings. The Kier molecular flexibility index (Phi) is 2.81. The van der Waals surface area contributed by atoms with Gasteiger partial charge >= 0.3 is 0 Å². The van der Waals surface area contributed by atoms with Crippen LogP contribution in [0.3, 0.4) is 0 Å². The van der Waals surface area contributed by atoms with Gasteiger partial charge in [0, 0.05) is 6.92 Å². The largest absolute Gasteiger partial charge is 0.491 e. The van der Waals surface area contributed by atoms with Gasteiger partial charge in [-0.1, -0.05) is 0 Å². The molecule has 0 spiro atoms. The summed E-state index contributed by atoms with van der Waals surface area (Å²) < 4.78 is 4.73. The third kappa shape index (κ3) is 1.87. The van der Waals surface area contributed by atoms with Gasteiger partial charge in [0.2, 0.25) is 17.5 Å². The second kappa shape index (κ2) is 3.87. The third-order valence-corrected chi connectivity index (χ3v) is 1.59. The third-order valence-electron chi connectivity index (χ3n) is 1.59. The first-order valence-electron chi connectivity index (χ1n) is 3.89. The van der Waals surface area contributed by atoms with Crippen molar-refractivity contribution in [2.45, 2.75) is 6.92 Å². The molecule has 1 aliphatic carbocycles. The van der Waals surface area contributed by atoms with Crippen LogP contribution < -0.4 is 5.32 Å². The molecule has 1 aliphatic rings. The van der Waals surface area contributed by atoms with Gasteiger partial charge in [-0.15, -0.1) is 0 Å². The molecule has 0 saturated carbocycles. The second-order valence-corrected chi connectivity index (χ2v) is 2.65. The van der Waals surface area contributed by atoms with Crippen LogP contribution in [-0.2, 0) is 19.1 Å². The monoisotopic (exact) mass is 195 g/mol. The van der Waals surface area contributed by atoms with Gasteiger partial charge in [-0.25, -0.2) is 0 Å². The lowest BCUT2D eigenvalue weighted by Crippen LogP contribution is -2.30. The predicted octanol–water partition coefficient (Wildman–Crippen LogP) is -0.312. The summed E-state index contributed by atoms with van der Waals surface area (Å²) in [4.78, 5) is 33.2. The maximum atomic E-state index is 11.3. The Bertz CT molecular complexity index is 365. The number of hydrogen-bond donors (Lipinski definition) is 1. The topological polar surface area (TPSA) is 72.5 Å². The minimum atomic E-state index is -0.448. The lowest BCUT2D eigenvalue weighted by atomic mass is 10.1. The van der Waals surface area contributed by atoms with Crippen molar-refractivity contribution in [2.24, 2.45) is 0 Å². The molecule has 0 radical (unpaired) electrons. The molecular weight excluding hydrogens is 186 g/mol. The molecule has 0 saturated heterocycles. The number of rotatable bonds is 2. The minimum Gasteiger partial charge on any atom is -0.491 e. The number of amides is 1. The number of allylic oxidation sites excluding steroid dienone is 2. The highest BCUT2D eigenvalue weighted by Gasteiger charge is 2.24. The van der Waals surface area contributed by atoms with Gasteiger partial charge < -0.3 is 10.1 Å². The van der Waals surface area contributed by atoms with Crippen LogP contribution >= 0.6 is 0 Å². The first kappa shape index (κ1) is 10.2. The molecule has 0 aromatic heterocycles. The average Bonchev–Trinajstić information content (AvgIpc) is 2.11. The van der Waals surface area contributed by atoms with E-state index < -0.39 is 17.5 Å². The molecule has 0 bridgehead atoms. The maximum Gasteiger partial charge on any atom is 0.222 e. The van der Waals surface area contributed by atoms with Crippen molar-refractivity contribution in [3.63, 3.8) is 0 Å². The second-order valence-electron chi connectivity index (χ2n) is 2.65. The van der Waals surface area contributed by atoms with Crippen LogP contribution in [-0.4, -0.2) is 24.6 Å². The smallest absolute Gasteiger partial charge is 0.222 e. The van der Waals surface area contributed by atoms with Crippen molar-refractivity contribution >= 4 is 17.5 Å². The summed E-state index contributed by atoms with van der Waals surface area (Å²) >= 11 is 0. The van der Waals surface area contributed by atoms with E-state index in [9.17, 15) is 14.4 Å². The van der Waals surface area contributed by atoms with Gasteiger partial charge in [-0.2, -0.15) is 0 Å². The highest BCUT2D eigenvalue weighted by molar-refractivity contribution is 6.19. The van der Waals surface area contributed by atoms with E-state index in [-0.39, 0.29) is 11.5 Å². The molecule has 0 unspecified atom stereocenters. The molecule has 0 aliphatic heterocycles. The Labute approximate surface area is 80.4 Å². The van der Waals surface area contributed by atoms with Gasteiger partial charge in [0.15, 0.2) is 5.76 Å². The molecule has 0 aromatic carbocycles. The summed E-state index contributed by atoms with van der Waals surface area (Å²) in [6, 6.07) is 0. The van der Waals surface area contributed by atoms with Crippen molar-refractivity contribution in [3.05, 3.63) is 23.6 Å². The van der Waals surface area contributed by atoms with E-state index in [1.165, 1.54) is 14.0 Å². The van der Waals surface area contributed by atoms with E-state index in [1.807, 2.05) is 0 Å². The fourth-order valence-electron chi connectivity index (χ4n) is 1.04. The number of carbonyl (C=O) groups is 3. The Hall–Kier alpha value is -1.91. The van der Waals surface area contributed by atoms with Crippen molar-refractivity contribution in [2.75, 3.05) is 7.11 Å². The number of ether oxygens (including phenoxy) is 1. The highest BCUT2D eigenvalue weighted by atomic mass is 16.5. The lowest BCUT2D eigenvalue weighted by Gasteiger charge is -2.12. The van der Waals surface area contributed by atoms with Gasteiger partial charge in [0.1, 0.15) is 5.70 Å². The van der Waals surface area contributed by atoms with E-state index in [2.05, 4.69) is 5.32 Å². The zero-order valence-electron chi connectivity index (χ0n) is 7.79. The molecule has 74 valence electrons. The van der Waals surface area contributed by atoms with Crippen LogP contribution in [0.2, 0.25) is 0 Å². The lowest BCUT2D eigenvalue weighted by molar-refractivity contribution is -0.121. The summed E-state index contributed by atoms with van der Waals surface area (Å²) in [7, 11) is 1.27. The van der Waals surface area contributed by atoms with E-state index in [4.69, 9.17) is 4.74 Å². The Morgan fingerprint density at radius 3 is 2.36 bits per heavy atom. The van der Waals surface area contributed by atoms with E-state index in [1.54, 1.807) is 0 Å². The van der Waals surface area contributed by atoms with Gasteiger partial charge in [-0.3, -0.25) is 14.4 Å². The van der Waals surface area contributed by atoms with E-state index in [0.717, 1.165) is 12.2 Å². The molecule has 5 heteroatoms. The number of nitrogens with one attached hydrogen (secondary N) is 1. The van der Waals surface area contributed by atoms with Crippen molar-refractivity contribution in [1.29, 1.82) is 0 Å². The number of carbonyl (C=O) groups excluding carboxylic acids is 3. The van der Waals surface area contributed by atoms with Crippen LogP contribution in [0, 0.1) is 0 Å². The molecular formula is C9H9NO4. The first-order valence-corrected chi connectivity index (χ1v) is 3.89. The Morgan fingerprint density at radius 2 is 1.86 bits per heavy atom. The zero-order chi connectivity index (χ0) is 10.7. The van der Waals surface area contributed by atoms with Crippen LogP contribution in [0.4, 0.5) is 0 Å². The zero-order valence-corrected chi connectivity index (χ0v) is 7.79. The van der Waals surface area contributed by atoms with Gasteiger partial charge in [0.05, 0.1) is 7.11 Å². The van der Waals surface area contributed by atoms with Crippen LogP contribution in [0.5, 0.6) is 0 Å². The molecule has 0 atom stereocenters. The standard InChI is InChI=1S/C9H9NO4/c1-5(11)10-8-6(12)3-4-7(13)9(8)14-2/h3-4H,1-2H3,(H,10,11). The number of hydrogen-bond acceptors (Lipinski definition) is 4. The first-order chi connectivity index (χ1) is 6.56. The molecule has 0 heterocycles. The van der Waals surface area contributed by atoms with Crippen molar-refractivity contribution < 1.29 is 19.1 Å². The summed E-state index contributed by atoms with van der Waals surface area (Å²) in [5.41, 5.74) is -0.104. The Balaban J connectivity index is 3.09. The predicted molar refractivity (Wildman–Crippen MR) is 47.0 cm³/mol. The molecule has 1 rings (SSSR count). The highest BCUT2D eigenvalue weighted by Crippen LogP contribution is 2.12. The summed E-state index contributed by atoms with van der Waals surface area (Å²) in [6.07, 6.45) is 2.20. The van der Waals surface area contributed by atoms with Crippen molar-refractivity contribution in [3.8, 4) is 0 Å². The van der Waals surface area contributed by atoms with Crippen molar-refractivity contribution in [1.82, 2.24) is 5.32 Å². The molecule has 1 amide bonds. The van der Waals surface area contributed by atoms with E-state index in [0.29, 0.717) is 0 Å².